The van der Waals surface area contributed by atoms with Gasteiger partial charge in [-0.15, -0.1) is 0 Å². The zero-order chi connectivity index (χ0) is 10.6. The molecule has 78 valence electrons. The number of pyridine rings is 1. The van der Waals surface area contributed by atoms with E-state index >= 15 is 0 Å². The molecule has 1 aromatic rings. The molecule has 0 fully saturated rings. The highest BCUT2D eigenvalue weighted by molar-refractivity contribution is 5.40. The Balaban J connectivity index is 2.82. The summed E-state index contributed by atoms with van der Waals surface area (Å²) in [6.45, 7) is 7.86. The molecule has 0 atom stereocenters. The summed E-state index contributed by atoms with van der Waals surface area (Å²) in [5.74, 6) is 1.01. The number of anilines is 1. The lowest BCUT2D eigenvalue weighted by atomic mass is 10.2. The minimum atomic E-state index is 0.439. The fourth-order valence-electron chi connectivity index (χ4n) is 1.41. The molecule has 0 spiro atoms. The van der Waals surface area contributed by atoms with Gasteiger partial charge in [-0.3, -0.25) is 0 Å². The molecule has 1 rings (SSSR count). The molecular weight excluding hydrogens is 174 g/mol. The first-order valence-corrected chi connectivity index (χ1v) is 5.04. The van der Waals surface area contributed by atoms with Crippen LogP contribution in [-0.4, -0.2) is 24.1 Å². The quantitative estimate of drug-likeness (QED) is 0.789. The topological polar surface area (TPSA) is 42.1 Å². The fourth-order valence-corrected chi connectivity index (χ4v) is 1.41. The molecule has 0 aliphatic carbocycles. The van der Waals surface area contributed by atoms with Crippen LogP contribution in [0.1, 0.15) is 19.4 Å². The standard InChI is InChI=1S/C11H19N3/c1-9(2)14(7-6-12)11-5-4-10(3)8-13-11/h4-5,8-9H,6-7,12H2,1-3H3. The summed E-state index contributed by atoms with van der Waals surface area (Å²) in [7, 11) is 0. The van der Waals surface area contributed by atoms with Crippen molar-refractivity contribution in [3.8, 4) is 0 Å². The lowest BCUT2D eigenvalue weighted by Crippen LogP contribution is -2.35. The third kappa shape index (κ3) is 2.70. The second-order valence-electron chi connectivity index (χ2n) is 3.77. The van der Waals surface area contributed by atoms with Crippen molar-refractivity contribution in [2.45, 2.75) is 26.8 Å². The highest BCUT2D eigenvalue weighted by atomic mass is 15.2. The van der Waals surface area contributed by atoms with E-state index in [0.717, 1.165) is 12.4 Å². The Hall–Kier alpha value is -1.09. The van der Waals surface area contributed by atoms with Crippen LogP contribution in [0.15, 0.2) is 18.3 Å². The van der Waals surface area contributed by atoms with Crippen LogP contribution in [0.25, 0.3) is 0 Å². The Bertz CT molecular complexity index is 266. The molecule has 0 saturated carbocycles. The van der Waals surface area contributed by atoms with Crippen molar-refractivity contribution in [3.63, 3.8) is 0 Å². The van der Waals surface area contributed by atoms with Crippen molar-refractivity contribution in [1.82, 2.24) is 4.98 Å². The third-order valence-corrected chi connectivity index (χ3v) is 2.18. The Morgan fingerprint density at radius 2 is 2.14 bits per heavy atom. The molecular formula is C11H19N3. The summed E-state index contributed by atoms with van der Waals surface area (Å²) in [6.07, 6.45) is 1.89. The molecule has 2 N–H and O–H groups in total. The van der Waals surface area contributed by atoms with E-state index in [1.165, 1.54) is 5.56 Å². The summed E-state index contributed by atoms with van der Waals surface area (Å²) < 4.78 is 0. The Kier molecular flexibility index (Phi) is 3.89. The van der Waals surface area contributed by atoms with Crippen LogP contribution in [0.3, 0.4) is 0 Å². The number of aryl methyl sites for hydroxylation is 1. The molecule has 14 heavy (non-hydrogen) atoms. The monoisotopic (exact) mass is 193 g/mol. The van der Waals surface area contributed by atoms with Gasteiger partial charge >= 0.3 is 0 Å². The summed E-state index contributed by atoms with van der Waals surface area (Å²) in [5.41, 5.74) is 6.75. The first-order chi connectivity index (χ1) is 6.65. The number of nitrogens with zero attached hydrogens (tertiary/aromatic N) is 2. The zero-order valence-electron chi connectivity index (χ0n) is 9.20. The number of rotatable bonds is 4. The summed E-state index contributed by atoms with van der Waals surface area (Å²) >= 11 is 0. The van der Waals surface area contributed by atoms with Crippen molar-refractivity contribution >= 4 is 5.82 Å². The Labute approximate surface area is 85.9 Å². The average molecular weight is 193 g/mol. The lowest BCUT2D eigenvalue weighted by molar-refractivity contribution is 0.674. The molecule has 0 bridgehead atoms. The first-order valence-electron chi connectivity index (χ1n) is 5.04. The van der Waals surface area contributed by atoms with Crippen LogP contribution in [0.4, 0.5) is 5.82 Å². The van der Waals surface area contributed by atoms with Crippen molar-refractivity contribution in [1.29, 1.82) is 0 Å². The smallest absolute Gasteiger partial charge is 0.128 e. The van der Waals surface area contributed by atoms with Crippen molar-refractivity contribution in [3.05, 3.63) is 23.9 Å². The van der Waals surface area contributed by atoms with E-state index in [4.69, 9.17) is 5.73 Å². The predicted molar refractivity (Wildman–Crippen MR) is 60.5 cm³/mol. The van der Waals surface area contributed by atoms with Crippen LogP contribution < -0.4 is 10.6 Å². The minimum Gasteiger partial charge on any atom is -0.353 e. The zero-order valence-corrected chi connectivity index (χ0v) is 9.20. The van der Waals surface area contributed by atoms with Gasteiger partial charge in [0.25, 0.3) is 0 Å². The van der Waals surface area contributed by atoms with E-state index in [-0.39, 0.29) is 0 Å². The van der Waals surface area contributed by atoms with E-state index in [2.05, 4.69) is 29.8 Å². The molecule has 0 aromatic carbocycles. The van der Waals surface area contributed by atoms with Crippen LogP contribution in [-0.2, 0) is 0 Å². The third-order valence-electron chi connectivity index (χ3n) is 2.18. The molecule has 0 saturated heterocycles. The second kappa shape index (κ2) is 4.96. The van der Waals surface area contributed by atoms with Crippen molar-refractivity contribution in [2.24, 2.45) is 5.73 Å². The SMILES string of the molecule is Cc1ccc(N(CCN)C(C)C)nc1. The number of hydrogen-bond acceptors (Lipinski definition) is 3. The van der Waals surface area contributed by atoms with Gasteiger partial charge in [-0.2, -0.15) is 0 Å². The van der Waals surface area contributed by atoms with Crippen molar-refractivity contribution < 1.29 is 0 Å². The van der Waals surface area contributed by atoms with E-state index in [0.29, 0.717) is 12.6 Å². The van der Waals surface area contributed by atoms with Gasteiger partial charge in [0.2, 0.25) is 0 Å². The maximum atomic E-state index is 5.57. The summed E-state index contributed by atoms with van der Waals surface area (Å²) in [4.78, 5) is 6.60. The second-order valence-corrected chi connectivity index (χ2v) is 3.77. The molecule has 3 heteroatoms. The van der Waals surface area contributed by atoms with E-state index in [1.54, 1.807) is 0 Å². The molecule has 0 unspecified atom stereocenters. The fraction of sp³-hybridized carbons (Fsp3) is 0.545. The van der Waals surface area contributed by atoms with Gasteiger partial charge in [0, 0.05) is 25.3 Å². The highest BCUT2D eigenvalue weighted by Gasteiger charge is 2.09. The number of nitrogens with two attached hydrogens (primary N) is 1. The van der Waals surface area contributed by atoms with Gasteiger partial charge in [0.15, 0.2) is 0 Å². The van der Waals surface area contributed by atoms with Crippen LogP contribution in [0.2, 0.25) is 0 Å². The highest BCUT2D eigenvalue weighted by Crippen LogP contribution is 2.13. The Morgan fingerprint density at radius 3 is 2.57 bits per heavy atom. The summed E-state index contributed by atoms with van der Waals surface area (Å²) in [6, 6.07) is 4.56. The van der Waals surface area contributed by atoms with E-state index < -0.39 is 0 Å². The van der Waals surface area contributed by atoms with Gasteiger partial charge < -0.3 is 10.6 Å². The lowest BCUT2D eigenvalue weighted by Gasteiger charge is -2.27. The Morgan fingerprint density at radius 1 is 1.43 bits per heavy atom. The van der Waals surface area contributed by atoms with Gasteiger partial charge in [-0.1, -0.05) is 6.07 Å². The number of hydrogen-bond donors (Lipinski definition) is 1. The molecule has 0 amide bonds. The van der Waals surface area contributed by atoms with Gasteiger partial charge in [0.1, 0.15) is 5.82 Å². The van der Waals surface area contributed by atoms with Crippen LogP contribution >= 0.6 is 0 Å². The molecule has 1 aromatic heterocycles. The van der Waals surface area contributed by atoms with Crippen molar-refractivity contribution in [2.75, 3.05) is 18.0 Å². The molecule has 0 aliphatic heterocycles. The van der Waals surface area contributed by atoms with Gasteiger partial charge in [-0.05, 0) is 32.4 Å². The predicted octanol–water partition coefficient (Wildman–Crippen LogP) is 1.56. The largest absolute Gasteiger partial charge is 0.353 e. The van der Waals surface area contributed by atoms with E-state index in [9.17, 15) is 0 Å². The van der Waals surface area contributed by atoms with Gasteiger partial charge in [-0.25, -0.2) is 4.98 Å². The molecule has 0 aliphatic rings. The minimum absolute atomic E-state index is 0.439. The average Bonchev–Trinajstić information content (AvgIpc) is 2.15. The van der Waals surface area contributed by atoms with Gasteiger partial charge in [0.05, 0.1) is 0 Å². The number of aromatic nitrogens is 1. The van der Waals surface area contributed by atoms with E-state index in [1.807, 2.05) is 19.2 Å². The molecule has 3 nitrogen and oxygen atoms in total. The van der Waals surface area contributed by atoms with Crippen LogP contribution in [0, 0.1) is 6.92 Å². The summed E-state index contributed by atoms with van der Waals surface area (Å²) in [5, 5.41) is 0. The molecule has 1 heterocycles. The molecule has 0 radical (unpaired) electrons. The maximum absolute atomic E-state index is 5.57. The normalized spacial score (nSPS) is 10.6. The van der Waals surface area contributed by atoms with Crippen LogP contribution in [0.5, 0.6) is 0 Å². The first kappa shape index (κ1) is 11.0. The maximum Gasteiger partial charge on any atom is 0.128 e.